The number of hydrogen-bond acceptors (Lipinski definition) is 4. The lowest BCUT2D eigenvalue weighted by atomic mass is 9.82. The van der Waals surface area contributed by atoms with Crippen molar-refractivity contribution in [1.29, 1.82) is 0 Å². The molecule has 0 unspecified atom stereocenters. The first kappa shape index (κ1) is 40.5. The molecule has 10 aromatic carbocycles. The summed E-state index contributed by atoms with van der Waals surface area (Å²) >= 11 is 0. The zero-order valence-corrected chi connectivity index (χ0v) is 39.5. The van der Waals surface area contributed by atoms with E-state index in [1.165, 1.54) is 44.1 Å². The maximum Gasteiger partial charge on any atom is 0.238 e. The Morgan fingerprint density at radius 2 is 0.917 bits per heavy atom. The summed E-state index contributed by atoms with van der Waals surface area (Å²) in [5, 5.41) is 6.87. The summed E-state index contributed by atoms with van der Waals surface area (Å²) in [5.41, 5.74) is 18.6. The van der Waals surface area contributed by atoms with Crippen molar-refractivity contribution in [1.82, 2.24) is 24.1 Å². The highest BCUT2D eigenvalue weighted by atomic mass is 16.3. The average molecular weight is 922 g/mol. The van der Waals surface area contributed by atoms with Crippen molar-refractivity contribution in [3.8, 4) is 67.8 Å². The fourth-order valence-electron chi connectivity index (χ4n) is 11.7. The largest absolute Gasteiger partial charge is 0.456 e. The van der Waals surface area contributed by atoms with Gasteiger partial charge in [-0.05, 0) is 117 Å². The lowest BCUT2D eigenvalue weighted by Gasteiger charge is -2.21. The number of aromatic nitrogens is 5. The second kappa shape index (κ2) is 15.3. The first-order valence-electron chi connectivity index (χ1n) is 24.6. The normalized spacial score (nSPS) is 13.0. The SMILES string of the molecule is CC1(C)c2ccccc2-c2cc3c4cc(-c5cccc6oc7ccc(-c8ccc9c(c8)c8ccccc8n9-c8ccccc8)cc7c56)ccc4n(-c4nc(-c5ccccc5)nc(-c5ccccc5)n4)c3cc21. The zero-order valence-electron chi connectivity index (χ0n) is 39.5. The topological polar surface area (TPSA) is 61.7 Å². The van der Waals surface area contributed by atoms with Crippen LogP contribution in [0.3, 0.4) is 0 Å². The minimum atomic E-state index is -0.209. The van der Waals surface area contributed by atoms with E-state index in [1.807, 2.05) is 36.4 Å². The molecule has 0 saturated carbocycles. The summed E-state index contributed by atoms with van der Waals surface area (Å²) in [6.45, 7) is 4.67. The molecule has 0 radical (unpaired) electrons. The van der Waals surface area contributed by atoms with E-state index in [0.29, 0.717) is 17.6 Å². The van der Waals surface area contributed by atoms with Crippen LogP contribution in [0.5, 0.6) is 0 Å². The average Bonchev–Trinajstić information content (AvgIpc) is 4.15. The van der Waals surface area contributed by atoms with Gasteiger partial charge in [-0.1, -0.05) is 166 Å². The number of para-hydroxylation sites is 2. The van der Waals surface area contributed by atoms with E-state index in [-0.39, 0.29) is 5.41 Å². The van der Waals surface area contributed by atoms with Crippen molar-refractivity contribution in [3.05, 3.63) is 236 Å². The summed E-state index contributed by atoms with van der Waals surface area (Å²) in [4.78, 5) is 15.7. The predicted octanol–water partition coefficient (Wildman–Crippen LogP) is 16.9. The Bertz CT molecular complexity index is 4470. The highest BCUT2D eigenvalue weighted by Gasteiger charge is 2.36. The predicted molar refractivity (Wildman–Crippen MR) is 295 cm³/mol. The van der Waals surface area contributed by atoms with Crippen LogP contribution < -0.4 is 0 Å². The van der Waals surface area contributed by atoms with Crippen LogP contribution in [0.2, 0.25) is 0 Å². The van der Waals surface area contributed by atoms with Crippen molar-refractivity contribution < 1.29 is 4.42 Å². The Hall–Kier alpha value is -9.39. The van der Waals surface area contributed by atoms with E-state index in [1.54, 1.807) is 0 Å². The molecule has 72 heavy (non-hydrogen) atoms. The molecule has 15 rings (SSSR count). The molecule has 0 fully saturated rings. The Morgan fingerprint density at radius 1 is 0.347 bits per heavy atom. The van der Waals surface area contributed by atoms with Crippen LogP contribution in [-0.2, 0) is 5.41 Å². The molecule has 0 aliphatic heterocycles. The molecule has 0 bridgehead atoms. The molecule has 0 atom stereocenters. The molecular weight excluding hydrogens is 879 g/mol. The van der Waals surface area contributed by atoms with Crippen LogP contribution >= 0.6 is 0 Å². The molecule has 6 nitrogen and oxygen atoms in total. The summed E-state index contributed by atoms with van der Waals surface area (Å²) < 4.78 is 11.3. The van der Waals surface area contributed by atoms with E-state index < -0.39 is 0 Å². The maximum atomic E-state index is 6.67. The van der Waals surface area contributed by atoms with E-state index in [4.69, 9.17) is 19.4 Å². The van der Waals surface area contributed by atoms with Gasteiger partial charge >= 0.3 is 0 Å². The fourth-order valence-corrected chi connectivity index (χ4v) is 11.7. The van der Waals surface area contributed by atoms with Crippen LogP contribution in [0.15, 0.2) is 229 Å². The maximum absolute atomic E-state index is 6.67. The minimum absolute atomic E-state index is 0.209. The highest BCUT2D eigenvalue weighted by molar-refractivity contribution is 6.17. The standard InChI is InChI=1S/C66H43N5O/c1-66(2)54-26-14-12-23-47(54)49-38-52-51-37-44(30-33-58(51)71(59(52)39-55(49)66)65-68-63(40-17-6-3-7-18-40)67-64(69-65)41-19-8-4-9-20-41)46-25-16-28-61-62(46)53-36-43(31-34-60(53)72-61)42-29-32-57-50(35-42)48-24-13-15-27-56(48)70(57)45-21-10-5-11-22-45/h3-39H,1-2H3. The van der Waals surface area contributed by atoms with Crippen LogP contribution in [0.1, 0.15) is 25.0 Å². The smallest absolute Gasteiger partial charge is 0.238 e. The van der Waals surface area contributed by atoms with Crippen LogP contribution in [-0.4, -0.2) is 24.1 Å². The molecule has 14 aromatic rings. The molecule has 338 valence electrons. The lowest BCUT2D eigenvalue weighted by Crippen LogP contribution is -2.15. The van der Waals surface area contributed by atoms with Crippen molar-refractivity contribution >= 4 is 65.6 Å². The van der Waals surface area contributed by atoms with Crippen LogP contribution in [0.25, 0.3) is 133 Å². The van der Waals surface area contributed by atoms with Gasteiger partial charge in [-0.25, -0.2) is 4.98 Å². The van der Waals surface area contributed by atoms with Crippen molar-refractivity contribution in [2.45, 2.75) is 19.3 Å². The number of rotatable bonds is 6. The van der Waals surface area contributed by atoms with Crippen molar-refractivity contribution in [2.75, 3.05) is 0 Å². The molecule has 0 saturated heterocycles. The summed E-state index contributed by atoms with van der Waals surface area (Å²) in [6.07, 6.45) is 0. The fraction of sp³-hybridized carbons (Fsp3) is 0.0455. The third-order valence-corrected chi connectivity index (χ3v) is 15.2. The van der Waals surface area contributed by atoms with Crippen molar-refractivity contribution in [3.63, 3.8) is 0 Å². The zero-order chi connectivity index (χ0) is 47.7. The molecule has 4 heterocycles. The van der Waals surface area contributed by atoms with Gasteiger partial charge in [-0.3, -0.25) is 4.57 Å². The molecule has 0 N–H and O–H groups in total. The number of furan rings is 1. The van der Waals surface area contributed by atoms with Gasteiger partial charge in [0, 0.05) is 54.5 Å². The van der Waals surface area contributed by atoms with E-state index in [0.717, 1.165) is 82.8 Å². The first-order chi connectivity index (χ1) is 35.4. The van der Waals surface area contributed by atoms with Gasteiger partial charge < -0.3 is 8.98 Å². The van der Waals surface area contributed by atoms with Crippen LogP contribution in [0, 0.1) is 0 Å². The monoisotopic (exact) mass is 921 g/mol. The molecule has 6 heteroatoms. The number of fused-ring (bicyclic) bond motifs is 12. The molecular formula is C66H43N5O. The number of nitrogens with zero attached hydrogens (tertiary/aromatic N) is 5. The van der Waals surface area contributed by atoms with Gasteiger partial charge in [0.2, 0.25) is 5.95 Å². The highest BCUT2D eigenvalue weighted by Crippen LogP contribution is 2.51. The molecule has 1 aliphatic rings. The summed E-state index contributed by atoms with van der Waals surface area (Å²) in [5.74, 6) is 1.82. The quantitative estimate of drug-likeness (QED) is 0.167. The molecule has 0 spiro atoms. The van der Waals surface area contributed by atoms with Crippen molar-refractivity contribution in [2.24, 2.45) is 0 Å². The second-order valence-corrected chi connectivity index (χ2v) is 19.6. The number of benzene rings is 10. The van der Waals surface area contributed by atoms with Gasteiger partial charge in [0.1, 0.15) is 11.2 Å². The Morgan fingerprint density at radius 3 is 1.68 bits per heavy atom. The van der Waals surface area contributed by atoms with E-state index >= 15 is 0 Å². The lowest BCUT2D eigenvalue weighted by molar-refractivity contribution is 0.661. The summed E-state index contributed by atoms with van der Waals surface area (Å²) in [6, 6.07) is 80.2. The number of hydrogen-bond donors (Lipinski definition) is 0. The summed E-state index contributed by atoms with van der Waals surface area (Å²) in [7, 11) is 0. The van der Waals surface area contributed by atoms with Gasteiger partial charge in [-0.15, -0.1) is 0 Å². The van der Waals surface area contributed by atoms with Gasteiger partial charge in [0.15, 0.2) is 11.6 Å². The molecule has 1 aliphatic carbocycles. The van der Waals surface area contributed by atoms with Crippen LogP contribution in [0.4, 0.5) is 0 Å². The minimum Gasteiger partial charge on any atom is -0.456 e. The molecule has 4 aromatic heterocycles. The first-order valence-corrected chi connectivity index (χ1v) is 24.6. The van der Waals surface area contributed by atoms with E-state index in [9.17, 15) is 0 Å². The Balaban J connectivity index is 0.940. The second-order valence-electron chi connectivity index (χ2n) is 19.6. The third kappa shape index (κ3) is 5.99. The Kier molecular flexibility index (Phi) is 8.61. The third-order valence-electron chi connectivity index (χ3n) is 15.2. The molecule has 0 amide bonds. The Labute approximate surface area is 414 Å². The van der Waals surface area contributed by atoms with Gasteiger partial charge in [0.25, 0.3) is 0 Å². The van der Waals surface area contributed by atoms with Gasteiger partial charge in [-0.2, -0.15) is 9.97 Å². The van der Waals surface area contributed by atoms with Gasteiger partial charge in [0.05, 0.1) is 22.1 Å². The van der Waals surface area contributed by atoms with E-state index in [2.05, 4.69) is 211 Å².